The first-order chi connectivity index (χ1) is 12.5. The second-order valence-corrected chi connectivity index (χ2v) is 7.48. The molecule has 26 heavy (non-hydrogen) atoms. The molecule has 0 aromatic rings. The summed E-state index contributed by atoms with van der Waals surface area (Å²) in [6, 6.07) is 0. The van der Waals surface area contributed by atoms with Crippen LogP contribution in [0.1, 0.15) is 96.8 Å². The predicted molar refractivity (Wildman–Crippen MR) is 107 cm³/mol. The second kappa shape index (κ2) is 16.3. The van der Waals surface area contributed by atoms with E-state index >= 15 is 0 Å². The van der Waals surface area contributed by atoms with Gasteiger partial charge < -0.3 is 21.1 Å². The van der Waals surface area contributed by atoms with E-state index in [1.807, 2.05) is 0 Å². The number of allylic oxidation sites excluding steroid dienone is 2. The summed E-state index contributed by atoms with van der Waals surface area (Å²) < 4.78 is 0. The number of aliphatic hydroxyl groups is 2. The average molecular weight is 372 g/mol. The zero-order valence-electron chi connectivity index (χ0n) is 16.7. The van der Waals surface area contributed by atoms with E-state index in [1.54, 1.807) is 0 Å². The Kier molecular flexibility index (Phi) is 15.7. The van der Waals surface area contributed by atoms with E-state index < -0.39 is 18.1 Å². The number of rotatable bonds is 18. The van der Waals surface area contributed by atoms with Crippen molar-refractivity contribution in [1.29, 1.82) is 0 Å². The van der Waals surface area contributed by atoms with Crippen LogP contribution in [0.4, 0.5) is 0 Å². The summed E-state index contributed by atoms with van der Waals surface area (Å²) in [7, 11) is 0. The summed E-state index contributed by atoms with van der Waals surface area (Å²) in [5.74, 6) is -1.14. The van der Waals surface area contributed by atoms with Crippen LogP contribution in [0.2, 0.25) is 0 Å². The molecule has 0 aromatic heterocycles. The molecule has 0 rings (SSSR count). The van der Waals surface area contributed by atoms with Crippen LogP contribution in [0.15, 0.2) is 12.2 Å². The van der Waals surface area contributed by atoms with E-state index in [9.17, 15) is 9.90 Å². The normalized spacial score (nSPS) is 15.2. The third-order valence-corrected chi connectivity index (χ3v) is 4.92. The van der Waals surface area contributed by atoms with E-state index in [1.165, 1.54) is 32.1 Å². The Morgan fingerprint density at radius 3 is 2.04 bits per heavy atom. The number of hydrogen-bond donors (Lipinski definition) is 4. The lowest BCUT2D eigenvalue weighted by molar-refractivity contribution is -0.145. The average Bonchev–Trinajstić information content (AvgIpc) is 2.62. The molecule has 0 heterocycles. The molecule has 0 saturated heterocycles. The van der Waals surface area contributed by atoms with Crippen molar-refractivity contribution in [3.63, 3.8) is 0 Å². The van der Waals surface area contributed by atoms with Crippen molar-refractivity contribution in [3.8, 4) is 0 Å². The van der Waals surface area contributed by atoms with Crippen molar-refractivity contribution < 1.29 is 20.1 Å². The Balaban J connectivity index is 3.47. The maximum atomic E-state index is 10.9. The Morgan fingerprint density at radius 1 is 0.962 bits per heavy atom. The van der Waals surface area contributed by atoms with Crippen molar-refractivity contribution in [2.45, 2.75) is 108 Å². The van der Waals surface area contributed by atoms with Crippen LogP contribution in [0, 0.1) is 0 Å². The highest BCUT2D eigenvalue weighted by Crippen LogP contribution is 2.14. The van der Waals surface area contributed by atoms with E-state index in [0.29, 0.717) is 6.42 Å². The molecule has 0 spiro atoms. The molecule has 0 aromatic carbocycles. The van der Waals surface area contributed by atoms with E-state index in [2.05, 4.69) is 19.1 Å². The third-order valence-electron chi connectivity index (χ3n) is 4.92. The SMILES string of the molecule is CCCCCCC(O)CCCCCC/C=C/CCC[C@](N)(CO)C(=O)O. The lowest BCUT2D eigenvalue weighted by Crippen LogP contribution is -2.51. The van der Waals surface area contributed by atoms with Crippen molar-refractivity contribution >= 4 is 5.97 Å². The monoisotopic (exact) mass is 371 g/mol. The van der Waals surface area contributed by atoms with Gasteiger partial charge in [0.05, 0.1) is 12.7 Å². The van der Waals surface area contributed by atoms with Crippen molar-refractivity contribution in [2.24, 2.45) is 5.73 Å². The zero-order valence-corrected chi connectivity index (χ0v) is 16.7. The molecule has 0 amide bonds. The van der Waals surface area contributed by atoms with Gasteiger partial charge in [0.15, 0.2) is 0 Å². The molecular weight excluding hydrogens is 330 g/mol. The zero-order chi connectivity index (χ0) is 19.7. The van der Waals surface area contributed by atoms with Crippen LogP contribution in [0.5, 0.6) is 0 Å². The van der Waals surface area contributed by atoms with Crippen LogP contribution in [0.25, 0.3) is 0 Å². The molecule has 154 valence electrons. The fourth-order valence-corrected chi connectivity index (χ4v) is 2.97. The number of carboxylic acid groups (broad SMARTS) is 1. The minimum atomic E-state index is -1.51. The van der Waals surface area contributed by atoms with Gasteiger partial charge in [-0.05, 0) is 44.9 Å². The molecule has 0 bridgehead atoms. The highest BCUT2D eigenvalue weighted by Gasteiger charge is 2.32. The van der Waals surface area contributed by atoms with Crippen LogP contribution in [-0.4, -0.2) is 39.5 Å². The minimum Gasteiger partial charge on any atom is -0.480 e. The molecule has 5 heteroatoms. The standard InChI is InChI=1S/C21H41NO4/c1-2-3-4-12-15-19(24)16-13-10-8-6-5-7-9-11-14-17-21(22,18-23)20(25)26/h7,9,19,23-24H,2-6,8,10-18,22H2,1H3,(H,25,26)/b9-7+/t19?,21-/m0/s1. The summed E-state index contributed by atoms with van der Waals surface area (Å²) in [6.07, 6.45) is 18.2. The van der Waals surface area contributed by atoms with Crippen molar-refractivity contribution in [3.05, 3.63) is 12.2 Å². The van der Waals surface area contributed by atoms with Gasteiger partial charge in [0.25, 0.3) is 0 Å². The van der Waals surface area contributed by atoms with Crippen LogP contribution < -0.4 is 5.73 Å². The first-order valence-electron chi connectivity index (χ1n) is 10.4. The van der Waals surface area contributed by atoms with Gasteiger partial charge in [-0.2, -0.15) is 0 Å². The number of unbranched alkanes of at least 4 members (excludes halogenated alkanes) is 8. The maximum absolute atomic E-state index is 10.9. The van der Waals surface area contributed by atoms with Crippen LogP contribution in [-0.2, 0) is 4.79 Å². The molecule has 5 nitrogen and oxygen atoms in total. The van der Waals surface area contributed by atoms with Crippen molar-refractivity contribution in [2.75, 3.05) is 6.61 Å². The largest absolute Gasteiger partial charge is 0.480 e. The summed E-state index contributed by atoms with van der Waals surface area (Å²) in [6.45, 7) is 1.67. The fraction of sp³-hybridized carbons (Fsp3) is 0.857. The maximum Gasteiger partial charge on any atom is 0.326 e. The van der Waals surface area contributed by atoms with E-state index in [0.717, 1.165) is 44.9 Å². The van der Waals surface area contributed by atoms with Crippen LogP contribution >= 0.6 is 0 Å². The molecule has 0 saturated carbocycles. The van der Waals surface area contributed by atoms with Gasteiger partial charge in [-0.3, -0.25) is 4.79 Å². The number of carbonyl (C=O) groups is 1. The highest BCUT2D eigenvalue weighted by atomic mass is 16.4. The topological polar surface area (TPSA) is 104 Å². The van der Waals surface area contributed by atoms with Gasteiger partial charge in [-0.25, -0.2) is 0 Å². The first-order valence-corrected chi connectivity index (χ1v) is 10.4. The molecular formula is C21H41NO4. The number of aliphatic carboxylic acids is 1. The van der Waals surface area contributed by atoms with Gasteiger partial charge in [0.1, 0.15) is 5.54 Å². The molecule has 2 atom stereocenters. The van der Waals surface area contributed by atoms with Gasteiger partial charge in [0, 0.05) is 0 Å². The second-order valence-electron chi connectivity index (χ2n) is 7.48. The molecule has 0 aliphatic rings. The molecule has 0 aliphatic carbocycles. The molecule has 0 radical (unpaired) electrons. The number of hydrogen-bond acceptors (Lipinski definition) is 4. The molecule has 0 aliphatic heterocycles. The Bertz CT molecular complexity index is 373. The van der Waals surface area contributed by atoms with Gasteiger partial charge >= 0.3 is 5.97 Å². The summed E-state index contributed by atoms with van der Waals surface area (Å²) in [5.41, 5.74) is 4.11. The van der Waals surface area contributed by atoms with Crippen LogP contribution in [0.3, 0.4) is 0 Å². The summed E-state index contributed by atoms with van der Waals surface area (Å²) in [4.78, 5) is 10.9. The number of nitrogens with two attached hydrogens (primary N) is 1. The fourth-order valence-electron chi connectivity index (χ4n) is 2.97. The predicted octanol–water partition coefficient (Wildman–Crippen LogP) is 4.16. The molecule has 1 unspecified atom stereocenters. The van der Waals surface area contributed by atoms with Crippen molar-refractivity contribution in [1.82, 2.24) is 0 Å². The third kappa shape index (κ3) is 13.3. The lowest BCUT2D eigenvalue weighted by Gasteiger charge is -2.21. The molecule has 0 fully saturated rings. The minimum absolute atomic E-state index is 0.119. The first kappa shape index (κ1) is 25.1. The van der Waals surface area contributed by atoms with Gasteiger partial charge in [-0.1, -0.05) is 64.0 Å². The van der Waals surface area contributed by atoms with Gasteiger partial charge in [-0.15, -0.1) is 0 Å². The number of aliphatic hydroxyl groups excluding tert-OH is 2. The van der Waals surface area contributed by atoms with Gasteiger partial charge in [0.2, 0.25) is 0 Å². The smallest absolute Gasteiger partial charge is 0.326 e. The molecule has 5 N–H and O–H groups in total. The summed E-state index contributed by atoms with van der Waals surface area (Å²) >= 11 is 0. The summed E-state index contributed by atoms with van der Waals surface area (Å²) in [5, 5.41) is 27.9. The quantitative estimate of drug-likeness (QED) is 0.214. The Hall–Kier alpha value is -0.910. The highest BCUT2D eigenvalue weighted by molar-refractivity contribution is 5.78. The van der Waals surface area contributed by atoms with E-state index in [4.69, 9.17) is 15.9 Å². The van der Waals surface area contributed by atoms with E-state index in [-0.39, 0.29) is 12.5 Å². The number of carboxylic acids is 1. The Morgan fingerprint density at radius 2 is 1.50 bits per heavy atom. The lowest BCUT2D eigenvalue weighted by atomic mass is 9.95. The Labute approximate surface area is 159 Å².